The molecule has 0 N–H and O–H groups in total. The Labute approximate surface area is 82.1 Å². The van der Waals surface area contributed by atoms with Crippen molar-refractivity contribution in [2.45, 2.75) is 6.92 Å². The molecule has 14 heavy (non-hydrogen) atoms. The van der Waals surface area contributed by atoms with Crippen LogP contribution in [0.4, 0.5) is 0 Å². The van der Waals surface area contributed by atoms with Crippen LogP contribution >= 0.6 is 7.60 Å². The van der Waals surface area contributed by atoms with Gasteiger partial charge in [-0.05, 0) is 6.92 Å². The van der Waals surface area contributed by atoms with E-state index >= 15 is 0 Å². The number of benzene rings is 1. The van der Waals surface area contributed by atoms with Crippen molar-refractivity contribution in [2.24, 2.45) is 0 Å². The van der Waals surface area contributed by atoms with Gasteiger partial charge in [-0.25, -0.2) is 0 Å². The van der Waals surface area contributed by atoms with Crippen LogP contribution in [0.1, 0.15) is 17.3 Å². The van der Waals surface area contributed by atoms with Gasteiger partial charge in [-0.3, -0.25) is 4.79 Å². The van der Waals surface area contributed by atoms with Gasteiger partial charge < -0.3 is 14.0 Å². The van der Waals surface area contributed by atoms with Gasteiger partial charge in [0, 0.05) is 5.56 Å². The topological polar surface area (TPSA) is 66.4 Å². The third-order valence-electron chi connectivity index (χ3n) is 1.57. The molecule has 1 aromatic carbocycles. The maximum Gasteiger partial charge on any atom is 0.233 e. The minimum atomic E-state index is -4.39. The second-order valence-corrected chi connectivity index (χ2v) is 4.25. The highest BCUT2D eigenvalue weighted by molar-refractivity contribution is 7.70. The molecule has 0 fully saturated rings. The van der Waals surface area contributed by atoms with Crippen molar-refractivity contribution in [3.8, 4) is 0 Å². The quantitative estimate of drug-likeness (QED) is 0.709. The van der Waals surface area contributed by atoms with E-state index in [1.807, 2.05) is 0 Å². The molecule has 0 bridgehead atoms. The summed E-state index contributed by atoms with van der Waals surface area (Å²) in [6.45, 7) is 1.49. The Morgan fingerprint density at radius 1 is 1.43 bits per heavy atom. The van der Waals surface area contributed by atoms with Gasteiger partial charge in [-0.2, -0.15) is 0 Å². The van der Waals surface area contributed by atoms with Crippen molar-refractivity contribution >= 4 is 13.1 Å². The molecule has 0 spiro atoms. The first-order valence-corrected chi connectivity index (χ1v) is 5.67. The van der Waals surface area contributed by atoms with Crippen LogP contribution < -0.4 is 4.89 Å². The minimum absolute atomic E-state index is 0.0284. The van der Waals surface area contributed by atoms with Gasteiger partial charge in [0.25, 0.3) is 0 Å². The SMILES string of the molecule is CCOP(=O)([O-])C(=O)c1ccccc1. The van der Waals surface area contributed by atoms with Crippen LogP contribution in [-0.4, -0.2) is 12.1 Å². The Balaban J connectivity index is 2.91. The first-order valence-electron chi connectivity index (χ1n) is 4.13. The molecule has 0 aliphatic carbocycles. The average molecular weight is 213 g/mol. The number of carbonyl (C=O) groups is 1. The molecule has 0 amide bonds. The zero-order chi connectivity index (χ0) is 10.6. The van der Waals surface area contributed by atoms with Crippen LogP contribution in [-0.2, 0) is 9.09 Å². The van der Waals surface area contributed by atoms with Crippen molar-refractivity contribution in [1.29, 1.82) is 0 Å². The third kappa shape index (κ3) is 2.51. The predicted molar refractivity (Wildman–Crippen MR) is 50.0 cm³/mol. The zero-order valence-electron chi connectivity index (χ0n) is 7.67. The van der Waals surface area contributed by atoms with Gasteiger partial charge in [0.1, 0.15) is 0 Å². The smallest absolute Gasteiger partial charge is 0.233 e. The molecule has 4 nitrogen and oxygen atoms in total. The highest BCUT2D eigenvalue weighted by Gasteiger charge is 2.20. The van der Waals surface area contributed by atoms with Gasteiger partial charge in [0.2, 0.25) is 13.1 Å². The van der Waals surface area contributed by atoms with Crippen LogP contribution in [0, 0.1) is 0 Å². The van der Waals surface area contributed by atoms with Gasteiger partial charge in [0.05, 0.1) is 6.61 Å². The van der Waals surface area contributed by atoms with E-state index in [9.17, 15) is 14.3 Å². The van der Waals surface area contributed by atoms with E-state index in [0.29, 0.717) is 0 Å². The van der Waals surface area contributed by atoms with Crippen LogP contribution in [0.5, 0.6) is 0 Å². The molecular formula is C9H10O4P-. The monoisotopic (exact) mass is 213 g/mol. The van der Waals surface area contributed by atoms with Crippen molar-refractivity contribution in [1.82, 2.24) is 0 Å². The fourth-order valence-corrected chi connectivity index (χ4v) is 1.89. The van der Waals surface area contributed by atoms with Gasteiger partial charge >= 0.3 is 0 Å². The van der Waals surface area contributed by atoms with Gasteiger partial charge in [-0.15, -0.1) is 0 Å². The summed E-state index contributed by atoms with van der Waals surface area (Å²) in [6.07, 6.45) is 0. The molecule has 0 aliphatic rings. The lowest BCUT2D eigenvalue weighted by atomic mass is 10.2. The lowest BCUT2D eigenvalue weighted by Gasteiger charge is -2.20. The van der Waals surface area contributed by atoms with Crippen molar-refractivity contribution in [2.75, 3.05) is 6.61 Å². The summed E-state index contributed by atoms with van der Waals surface area (Å²) in [5.74, 6) is 0. The molecule has 1 atom stereocenters. The number of rotatable bonds is 4. The van der Waals surface area contributed by atoms with E-state index in [1.54, 1.807) is 18.2 Å². The first-order chi connectivity index (χ1) is 6.58. The average Bonchev–Trinajstić information content (AvgIpc) is 2.18. The molecule has 0 heterocycles. The Hall–Kier alpha value is -0.960. The highest BCUT2D eigenvalue weighted by atomic mass is 31.2. The minimum Gasteiger partial charge on any atom is -0.773 e. The van der Waals surface area contributed by atoms with Crippen LogP contribution in [0.2, 0.25) is 0 Å². The molecule has 76 valence electrons. The van der Waals surface area contributed by atoms with Gasteiger partial charge in [-0.1, -0.05) is 30.3 Å². The second-order valence-electron chi connectivity index (χ2n) is 2.59. The standard InChI is InChI=1S/C9H11O4P/c1-2-13-14(11,12)9(10)8-6-4-3-5-7-8/h3-7H,2H2,1H3,(H,11,12)/p-1. The first kappa shape index (κ1) is 11.1. The Kier molecular flexibility index (Phi) is 3.58. The molecular weight excluding hydrogens is 203 g/mol. The van der Waals surface area contributed by atoms with E-state index in [2.05, 4.69) is 4.52 Å². The van der Waals surface area contributed by atoms with E-state index < -0.39 is 13.1 Å². The second kappa shape index (κ2) is 4.51. The van der Waals surface area contributed by atoms with E-state index in [-0.39, 0.29) is 12.2 Å². The Bertz CT molecular complexity index is 360. The Morgan fingerprint density at radius 2 is 2.00 bits per heavy atom. The number of hydrogen-bond donors (Lipinski definition) is 0. The molecule has 0 aromatic heterocycles. The summed E-state index contributed by atoms with van der Waals surface area (Å²) in [6, 6.07) is 7.77. The van der Waals surface area contributed by atoms with Crippen LogP contribution in [0.15, 0.2) is 30.3 Å². The molecule has 1 aromatic rings. The summed E-state index contributed by atoms with van der Waals surface area (Å²) >= 11 is 0. The van der Waals surface area contributed by atoms with Crippen molar-refractivity contribution < 1.29 is 18.8 Å². The van der Waals surface area contributed by atoms with Crippen LogP contribution in [0.3, 0.4) is 0 Å². The summed E-state index contributed by atoms with van der Waals surface area (Å²) in [4.78, 5) is 22.5. The summed E-state index contributed by atoms with van der Waals surface area (Å²) < 4.78 is 15.6. The van der Waals surface area contributed by atoms with Crippen molar-refractivity contribution in [3.63, 3.8) is 0 Å². The molecule has 0 aliphatic heterocycles. The Morgan fingerprint density at radius 3 is 2.50 bits per heavy atom. The largest absolute Gasteiger partial charge is 0.773 e. The van der Waals surface area contributed by atoms with Crippen LogP contribution in [0.25, 0.3) is 0 Å². The summed E-state index contributed by atoms with van der Waals surface area (Å²) in [5.41, 5.74) is -0.848. The fourth-order valence-electron chi connectivity index (χ4n) is 0.967. The normalized spacial score (nSPS) is 14.7. The summed E-state index contributed by atoms with van der Waals surface area (Å²) in [5, 5.41) is 0. The molecule has 0 saturated heterocycles. The van der Waals surface area contributed by atoms with Gasteiger partial charge in [0.15, 0.2) is 0 Å². The highest BCUT2D eigenvalue weighted by Crippen LogP contribution is 2.40. The molecule has 1 rings (SSSR count). The molecule has 5 heteroatoms. The maximum atomic E-state index is 11.4. The number of hydrogen-bond acceptors (Lipinski definition) is 4. The maximum absolute atomic E-state index is 11.4. The van der Waals surface area contributed by atoms with E-state index in [4.69, 9.17) is 0 Å². The molecule has 0 radical (unpaired) electrons. The lowest BCUT2D eigenvalue weighted by Crippen LogP contribution is -2.14. The van der Waals surface area contributed by atoms with E-state index in [0.717, 1.165) is 0 Å². The molecule has 0 saturated carbocycles. The fraction of sp³-hybridized carbons (Fsp3) is 0.222. The molecule has 1 unspecified atom stereocenters. The van der Waals surface area contributed by atoms with Crippen molar-refractivity contribution in [3.05, 3.63) is 35.9 Å². The number of carbonyl (C=O) groups excluding carboxylic acids is 1. The zero-order valence-corrected chi connectivity index (χ0v) is 8.57. The van der Waals surface area contributed by atoms with E-state index in [1.165, 1.54) is 19.1 Å². The summed E-state index contributed by atoms with van der Waals surface area (Å²) in [7, 11) is -4.39. The third-order valence-corrected chi connectivity index (χ3v) is 2.92. The lowest BCUT2D eigenvalue weighted by molar-refractivity contribution is -0.193. The predicted octanol–water partition coefficient (Wildman–Crippen LogP) is 1.42.